The molecule has 1 aromatic carbocycles. The molecule has 1 amide bonds. The lowest BCUT2D eigenvalue weighted by Crippen LogP contribution is -2.43. The van der Waals surface area contributed by atoms with Gasteiger partial charge in [-0.3, -0.25) is 4.79 Å². The monoisotopic (exact) mass is 318 g/mol. The number of rotatable bonds is 9. The van der Waals surface area contributed by atoms with Crippen LogP contribution in [0.3, 0.4) is 0 Å². The maximum Gasteiger partial charge on any atom is 0.256 e. The lowest BCUT2D eigenvalue weighted by molar-refractivity contribution is -0.140. The van der Waals surface area contributed by atoms with Crippen LogP contribution in [0.15, 0.2) is 18.2 Å². The summed E-state index contributed by atoms with van der Waals surface area (Å²) < 4.78 is 10.9. The van der Waals surface area contributed by atoms with Crippen molar-refractivity contribution >= 4 is 11.6 Å². The van der Waals surface area contributed by atoms with Crippen molar-refractivity contribution in [2.75, 3.05) is 19.0 Å². The van der Waals surface area contributed by atoms with Crippen molar-refractivity contribution in [1.29, 1.82) is 5.26 Å². The number of unbranched alkanes of at least 4 members (excludes halogenated alkanes) is 1. The summed E-state index contributed by atoms with van der Waals surface area (Å²) in [5, 5.41) is 12.1. The van der Waals surface area contributed by atoms with Crippen LogP contribution in [0.4, 0.5) is 5.69 Å². The third-order valence-corrected chi connectivity index (χ3v) is 3.71. The minimum absolute atomic E-state index is 0.221. The number of methoxy groups -OCH3 is 1. The molecule has 1 N–H and O–H groups in total. The third-order valence-electron chi connectivity index (χ3n) is 3.71. The van der Waals surface area contributed by atoms with E-state index in [-0.39, 0.29) is 5.91 Å². The van der Waals surface area contributed by atoms with E-state index in [4.69, 9.17) is 9.47 Å². The normalized spacial score (nSPS) is 13.0. The summed E-state index contributed by atoms with van der Waals surface area (Å²) in [6.45, 7) is 6.43. The van der Waals surface area contributed by atoms with Gasteiger partial charge in [-0.15, -0.1) is 0 Å². The lowest BCUT2D eigenvalue weighted by Gasteiger charge is -2.28. The molecule has 1 aromatic rings. The molecule has 0 bridgehead atoms. The molecule has 5 heteroatoms. The Bertz CT molecular complexity index is 556. The minimum Gasteiger partial charge on any atom is -0.497 e. The molecule has 0 fully saturated rings. The second-order valence-electron chi connectivity index (χ2n) is 5.66. The van der Waals surface area contributed by atoms with Gasteiger partial charge in [0.05, 0.1) is 18.4 Å². The maximum absolute atomic E-state index is 12.7. The zero-order valence-electron chi connectivity index (χ0n) is 14.4. The van der Waals surface area contributed by atoms with Crippen LogP contribution in [0.1, 0.15) is 52.0 Å². The molecule has 1 atom stereocenters. The molecular weight excluding hydrogens is 292 g/mol. The summed E-state index contributed by atoms with van der Waals surface area (Å²) in [5.41, 5.74) is -0.0502. The zero-order valence-corrected chi connectivity index (χ0v) is 14.4. The van der Waals surface area contributed by atoms with Gasteiger partial charge in [-0.1, -0.05) is 26.7 Å². The molecule has 1 rings (SSSR count). The smallest absolute Gasteiger partial charge is 0.256 e. The Labute approximate surface area is 138 Å². The first kappa shape index (κ1) is 19.0. The van der Waals surface area contributed by atoms with E-state index in [1.165, 1.54) is 7.11 Å². The molecule has 5 nitrogen and oxygen atoms in total. The third kappa shape index (κ3) is 5.26. The van der Waals surface area contributed by atoms with Gasteiger partial charge in [-0.2, -0.15) is 5.26 Å². The number of nitriles is 1. The highest BCUT2D eigenvalue weighted by molar-refractivity contribution is 5.98. The van der Waals surface area contributed by atoms with Crippen molar-refractivity contribution in [2.24, 2.45) is 0 Å². The van der Waals surface area contributed by atoms with Crippen LogP contribution in [-0.4, -0.2) is 25.2 Å². The highest BCUT2D eigenvalue weighted by atomic mass is 16.5. The molecule has 0 unspecified atom stereocenters. The van der Waals surface area contributed by atoms with Gasteiger partial charge < -0.3 is 14.8 Å². The second-order valence-corrected chi connectivity index (χ2v) is 5.66. The van der Waals surface area contributed by atoms with Gasteiger partial charge in [0.2, 0.25) is 0 Å². The second kappa shape index (κ2) is 9.16. The van der Waals surface area contributed by atoms with Gasteiger partial charge in [-0.05, 0) is 38.0 Å². The molecule has 23 heavy (non-hydrogen) atoms. The van der Waals surface area contributed by atoms with E-state index < -0.39 is 5.60 Å². The fourth-order valence-electron chi connectivity index (χ4n) is 2.20. The number of hydrogen-bond acceptors (Lipinski definition) is 4. The Morgan fingerprint density at radius 1 is 1.35 bits per heavy atom. The van der Waals surface area contributed by atoms with Gasteiger partial charge in [0.1, 0.15) is 17.4 Å². The molecular formula is C18H26N2O3. The van der Waals surface area contributed by atoms with E-state index in [9.17, 15) is 10.1 Å². The van der Waals surface area contributed by atoms with E-state index in [0.717, 1.165) is 19.3 Å². The largest absolute Gasteiger partial charge is 0.497 e. The van der Waals surface area contributed by atoms with Gasteiger partial charge in [0, 0.05) is 6.61 Å². The number of nitrogens with zero attached hydrogens (tertiary/aromatic N) is 1. The molecule has 0 aromatic heterocycles. The van der Waals surface area contributed by atoms with Gasteiger partial charge in [0.25, 0.3) is 5.91 Å². The number of carbonyl (C=O) groups is 1. The molecule has 0 aliphatic carbocycles. The fourth-order valence-corrected chi connectivity index (χ4v) is 2.20. The average Bonchev–Trinajstić information content (AvgIpc) is 2.58. The zero-order chi connectivity index (χ0) is 17.3. The predicted molar refractivity (Wildman–Crippen MR) is 90.5 cm³/mol. The van der Waals surface area contributed by atoms with Crippen molar-refractivity contribution in [3.05, 3.63) is 23.8 Å². The van der Waals surface area contributed by atoms with Crippen molar-refractivity contribution < 1.29 is 14.3 Å². The van der Waals surface area contributed by atoms with Gasteiger partial charge in [0.15, 0.2) is 0 Å². The standard InChI is InChI=1S/C18H26N2O3/c1-5-7-10-18(3,23-11-6-2)17(21)20-16-9-8-15(22-4)12-14(16)13-19/h8-9,12H,5-7,10-11H2,1-4H3,(H,20,21)/t18-/m0/s1. The summed E-state index contributed by atoms with van der Waals surface area (Å²) in [6.07, 6.45) is 3.39. The number of amides is 1. The Hall–Kier alpha value is -2.06. The number of benzene rings is 1. The quantitative estimate of drug-likeness (QED) is 0.750. The van der Waals surface area contributed by atoms with Crippen molar-refractivity contribution in [2.45, 2.75) is 52.1 Å². The SMILES string of the molecule is CCCC[C@](C)(OCCC)C(=O)Nc1ccc(OC)cc1C#N. The van der Waals surface area contributed by atoms with Crippen molar-refractivity contribution in [1.82, 2.24) is 0 Å². The summed E-state index contributed by atoms with van der Waals surface area (Å²) in [6, 6.07) is 7.07. The number of hydrogen-bond donors (Lipinski definition) is 1. The Morgan fingerprint density at radius 3 is 2.65 bits per heavy atom. The van der Waals surface area contributed by atoms with Crippen LogP contribution in [0.25, 0.3) is 0 Å². The van der Waals surface area contributed by atoms with Crippen LogP contribution in [0.2, 0.25) is 0 Å². The first-order valence-electron chi connectivity index (χ1n) is 8.04. The average molecular weight is 318 g/mol. The molecule has 0 aliphatic rings. The van der Waals surface area contributed by atoms with Crippen LogP contribution < -0.4 is 10.1 Å². The highest BCUT2D eigenvalue weighted by Gasteiger charge is 2.33. The molecule has 0 heterocycles. The molecule has 0 radical (unpaired) electrons. The molecule has 0 spiro atoms. The first-order valence-corrected chi connectivity index (χ1v) is 8.04. The van der Waals surface area contributed by atoms with E-state index in [1.807, 2.05) is 13.8 Å². The van der Waals surface area contributed by atoms with E-state index in [1.54, 1.807) is 18.2 Å². The first-order chi connectivity index (χ1) is 11.0. The van der Waals surface area contributed by atoms with Gasteiger partial charge >= 0.3 is 0 Å². The topological polar surface area (TPSA) is 71.3 Å². The number of carbonyl (C=O) groups excluding carboxylic acids is 1. The fraction of sp³-hybridized carbons (Fsp3) is 0.556. The Kier molecular flexibility index (Phi) is 7.56. The van der Waals surface area contributed by atoms with Crippen LogP contribution in [0.5, 0.6) is 5.75 Å². The predicted octanol–water partition coefficient (Wildman–Crippen LogP) is 3.88. The minimum atomic E-state index is -0.890. The van der Waals surface area contributed by atoms with Gasteiger partial charge in [-0.25, -0.2) is 0 Å². The lowest BCUT2D eigenvalue weighted by atomic mass is 9.97. The molecule has 126 valence electrons. The number of anilines is 1. The maximum atomic E-state index is 12.7. The van der Waals surface area contributed by atoms with E-state index in [0.29, 0.717) is 30.0 Å². The van der Waals surface area contributed by atoms with Crippen LogP contribution >= 0.6 is 0 Å². The summed E-state index contributed by atoms with van der Waals surface area (Å²) in [5.74, 6) is 0.358. The summed E-state index contributed by atoms with van der Waals surface area (Å²) in [4.78, 5) is 12.7. The number of nitrogens with one attached hydrogen (secondary N) is 1. The van der Waals surface area contributed by atoms with Crippen molar-refractivity contribution in [3.8, 4) is 11.8 Å². The molecule has 0 saturated carbocycles. The van der Waals surface area contributed by atoms with Crippen LogP contribution in [-0.2, 0) is 9.53 Å². The highest BCUT2D eigenvalue weighted by Crippen LogP contribution is 2.25. The van der Waals surface area contributed by atoms with Crippen LogP contribution in [0, 0.1) is 11.3 Å². The number of ether oxygens (including phenoxy) is 2. The Morgan fingerprint density at radius 2 is 2.09 bits per heavy atom. The van der Waals surface area contributed by atoms with Crippen molar-refractivity contribution in [3.63, 3.8) is 0 Å². The van der Waals surface area contributed by atoms with E-state index in [2.05, 4.69) is 18.3 Å². The molecule has 0 aliphatic heterocycles. The summed E-state index contributed by atoms with van der Waals surface area (Å²) in [7, 11) is 1.54. The summed E-state index contributed by atoms with van der Waals surface area (Å²) >= 11 is 0. The Balaban J connectivity index is 2.95. The molecule has 0 saturated heterocycles. The van der Waals surface area contributed by atoms with E-state index >= 15 is 0 Å².